The van der Waals surface area contributed by atoms with Crippen LogP contribution in [0, 0.1) is 11.3 Å². The molecule has 21 heavy (non-hydrogen) atoms. The van der Waals surface area contributed by atoms with Gasteiger partial charge < -0.3 is 5.32 Å². The number of rotatable bonds is 6. The quantitative estimate of drug-likeness (QED) is 0.807. The van der Waals surface area contributed by atoms with Crippen molar-refractivity contribution >= 4 is 28.8 Å². The minimum absolute atomic E-state index is 0.0450. The van der Waals surface area contributed by atoms with Gasteiger partial charge in [-0.1, -0.05) is 23.7 Å². The fourth-order valence-electron chi connectivity index (χ4n) is 2.01. The Bertz CT molecular complexity index is 617. The van der Waals surface area contributed by atoms with Crippen LogP contribution in [0.1, 0.15) is 36.4 Å². The molecule has 1 heterocycles. The highest BCUT2D eigenvalue weighted by molar-refractivity contribution is 7.08. The van der Waals surface area contributed by atoms with E-state index < -0.39 is 0 Å². The molecular weight excluding hydrogens is 304 g/mol. The van der Waals surface area contributed by atoms with E-state index in [-0.39, 0.29) is 11.9 Å². The van der Waals surface area contributed by atoms with E-state index in [0.717, 1.165) is 11.1 Å². The minimum atomic E-state index is -0.178. The largest absolute Gasteiger partial charge is 0.345 e. The van der Waals surface area contributed by atoms with E-state index >= 15 is 0 Å². The first-order valence-electron chi connectivity index (χ1n) is 6.64. The number of carbonyl (C=O) groups is 1. The predicted molar refractivity (Wildman–Crippen MR) is 85.2 cm³/mol. The average molecular weight is 319 g/mol. The minimum Gasteiger partial charge on any atom is -0.345 e. The Hall–Kier alpha value is -1.83. The molecule has 0 aliphatic carbocycles. The van der Waals surface area contributed by atoms with E-state index in [1.807, 2.05) is 47.2 Å². The van der Waals surface area contributed by atoms with Gasteiger partial charge in [0.1, 0.15) is 0 Å². The van der Waals surface area contributed by atoms with Gasteiger partial charge in [-0.2, -0.15) is 16.6 Å². The molecule has 0 unspecified atom stereocenters. The number of hydrogen-bond donors (Lipinski definition) is 1. The molecule has 0 radical (unpaired) electrons. The van der Waals surface area contributed by atoms with Gasteiger partial charge in [-0.3, -0.25) is 4.79 Å². The molecule has 2 aromatic rings. The van der Waals surface area contributed by atoms with Crippen molar-refractivity contribution in [1.82, 2.24) is 5.32 Å². The Morgan fingerprint density at radius 3 is 2.67 bits per heavy atom. The summed E-state index contributed by atoms with van der Waals surface area (Å²) in [6.07, 6.45) is 1.35. The summed E-state index contributed by atoms with van der Waals surface area (Å²) in [5, 5.41) is 16.2. The van der Waals surface area contributed by atoms with Gasteiger partial charge in [0.05, 0.1) is 12.1 Å². The molecule has 3 nitrogen and oxygen atoms in total. The Labute approximate surface area is 133 Å². The summed E-state index contributed by atoms with van der Waals surface area (Å²) in [6, 6.07) is 11.3. The summed E-state index contributed by atoms with van der Waals surface area (Å²) in [6.45, 7) is 0. The first-order chi connectivity index (χ1) is 10.2. The summed E-state index contributed by atoms with van der Waals surface area (Å²) >= 11 is 7.51. The van der Waals surface area contributed by atoms with E-state index in [1.54, 1.807) is 11.3 Å². The second-order valence-electron chi connectivity index (χ2n) is 4.62. The second kappa shape index (κ2) is 7.82. The van der Waals surface area contributed by atoms with Crippen molar-refractivity contribution in [3.8, 4) is 6.07 Å². The molecule has 5 heteroatoms. The number of thiophene rings is 1. The van der Waals surface area contributed by atoms with E-state index in [9.17, 15) is 4.79 Å². The maximum atomic E-state index is 12.0. The van der Waals surface area contributed by atoms with Gasteiger partial charge in [0.15, 0.2) is 0 Å². The van der Waals surface area contributed by atoms with Crippen LogP contribution in [0.15, 0.2) is 41.1 Å². The van der Waals surface area contributed by atoms with E-state index in [0.29, 0.717) is 24.3 Å². The van der Waals surface area contributed by atoms with Crippen LogP contribution in [0.25, 0.3) is 0 Å². The highest BCUT2D eigenvalue weighted by Gasteiger charge is 2.17. The lowest BCUT2D eigenvalue weighted by Gasteiger charge is -2.18. The summed E-state index contributed by atoms with van der Waals surface area (Å²) in [4.78, 5) is 12.0. The monoisotopic (exact) mass is 318 g/mol. The van der Waals surface area contributed by atoms with Gasteiger partial charge in [0.2, 0.25) is 5.91 Å². The van der Waals surface area contributed by atoms with Gasteiger partial charge in [-0.15, -0.1) is 0 Å². The summed E-state index contributed by atoms with van der Waals surface area (Å²) in [5.41, 5.74) is 2.04. The van der Waals surface area contributed by atoms with E-state index in [2.05, 4.69) is 5.32 Å². The van der Waals surface area contributed by atoms with E-state index in [4.69, 9.17) is 16.9 Å². The van der Waals surface area contributed by atoms with Crippen molar-refractivity contribution in [3.63, 3.8) is 0 Å². The maximum Gasteiger partial charge on any atom is 0.220 e. The van der Waals surface area contributed by atoms with E-state index in [1.165, 1.54) is 0 Å². The molecule has 0 bridgehead atoms. The number of nitriles is 1. The standard InChI is InChI=1S/C16H15ClN2OS/c17-14-6-4-12(5-7-14)16(13-8-10-21-11-13)19-15(20)3-1-2-9-18/h4-8,10-11,16H,1-3H2,(H,19,20)/t16-/m0/s1. The lowest BCUT2D eigenvalue weighted by Crippen LogP contribution is -2.28. The Kier molecular flexibility index (Phi) is 5.79. The number of unbranched alkanes of at least 4 members (excludes halogenated alkanes) is 1. The average Bonchev–Trinajstić information content (AvgIpc) is 3.00. The zero-order chi connectivity index (χ0) is 15.1. The number of halogens is 1. The number of nitrogens with zero attached hydrogens (tertiary/aromatic N) is 1. The van der Waals surface area contributed by atoms with Crippen molar-refractivity contribution in [1.29, 1.82) is 5.26 Å². The Morgan fingerprint density at radius 1 is 1.29 bits per heavy atom. The molecule has 2 rings (SSSR count). The number of hydrogen-bond acceptors (Lipinski definition) is 3. The number of carbonyl (C=O) groups excluding carboxylic acids is 1. The van der Waals surface area contributed by atoms with Crippen molar-refractivity contribution in [3.05, 3.63) is 57.2 Å². The van der Waals surface area contributed by atoms with Gasteiger partial charge in [-0.05, 0) is 46.5 Å². The number of benzene rings is 1. The summed E-state index contributed by atoms with van der Waals surface area (Å²) < 4.78 is 0. The first-order valence-corrected chi connectivity index (χ1v) is 7.96. The highest BCUT2D eigenvalue weighted by atomic mass is 35.5. The zero-order valence-electron chi connectivity index (χ0n) is 11.4. The Morgan fingerprint density at radius 2 is 2.05 bits per heavy atom. The number of nitrogens with one attached hydrogen (secondary N) is 1. The molecule has 0 spiro atoms. The molecule has 0 aliphatic rings. The van der Waals surface area contributed by atoms with Gasteiger partial charge in [0, 0.05) is 17.9 Å². The normalized spacial score (nSPS) is 11.6. The molecule has 0 saturated carbocycles. The van der Waals surface area contributed by atoms with Crippen LogP contribution in [0.5, 0.6) is 0 Å². The third kappa shape index (κ3) is 4.59. The SMILES string of the molecule is N#CCCCC(=O)N[C@@H](c1ccc(Cl)cc1)c1ccsc1. The summed E-state index contributed by atoms with van der Waals surface area (Å²) in [7, 11) is 0. The fraction of sp³-hybridized carbons (Fsp3) is 0.250. The van der Waals surface area contributed by atoms with Crippen molar-refractivity contribution < 1.29 is 4.79 Å². The van der Waals surface area contributed by atoms with Gasteiger partial charge in [-0.25, -0.2) is 0 Å². The van der Waals surface area contributed by atoms with Crippen molar-refractivity contribution in [2.24, 2.45) is 0 Å². The topological polar surface area (TPSA) is 52.9 Å². The zero-order valence-corrected chi connectivity index (χ0v) is 13.0. The van der Waals surface area contributed by atoms with Crippen LogP contribution in [0.2, 0.25) is 5.02 Å². The molecule has 1 aromatic heterocycles. The van der Waals surface area contributed by atoms with Crippen LogP contribution in [0.3, 0.4) is 0 Å². The smallest absolute Gasteiger partial charge is 0.220 e. The van der Waals surface area contributed by atoms with Crippen LogP contribution >= 0.6 is 22.9 Å². The molecule has 0 aliphatic heterocycles. The molecule has 108 valence electrons. The first kappa shape index (κ1) is 15.6. The Balaban J connectivity index is 2.12. The predicted octanol–water partition coefficient (Wildman–Crippen LogP) is 4.30. The van der Waals surface area contributed by atoms with Crippen LogP contribution in [-0.2, 0) is 4.79 Å². The van der Waals surface area contributed by atoms with Gasteiger partial charge >= 0.3 is 0 Å². The summed E-state index contributed by atoms with van der Waals surface area (Å²) in [5.74, 6) is -0.0450. The molecule has 1 amide bonds. The molecule has 1 aromatic carbocycles. The third-order valence-corrected chi connectivity index (χ3v) is 4.03. The highest BCUT2D eigenvalue weighted by Crippen LogP contribution is 2.25. The molecule has 0 saturated heterocycles. The molecule has 1 atom stereocenters. The molecular formula is C16H15ClN2OS. The number of amides is 1. The van der Waals surface area contributed by atoms with Crippen molar-refractivity contribution in [2.45, 2.75) is 25.3 Å². The van der Waals surface area contributed by atoms with Crippen LogP contribution in [-0.4, -0.2) is 5.91 Å². The molecule has 0 fully saturated rings. The third-order valence-electron chi connectivity index (χ3n) is 3.08. The lowest BCUT2D eigenvalue weighted by atomic mass is 10.0. The van der Waals surface area contributed by atoms with Crippen LogP contribution in [0.4, 0.5) is 0 Å². The fourth-order valence-corrected chi connectivity index (χ4v) is 2.83. The molecule has 1 N–H and O–H groups in total. The maximum absolute atomic E-state index is 12.0. The van der Waals surface area contributed by atoms with Crippen molar-refractivity contribution in [2.75, 3.05) is 0 Å². The van der Waals surface area contributed by atoms with Gasteiger partial charge in [0.25, 0.3) is 0 Å². The van der Waals surface area contributed by atoms with Crippen LogP contribution < -0.4 is 5.32 Å². The lowest BCUT2D eigenvalue weighted by molar-refractivity contribution is -0.121. The second-order valence-corrected chi connectivity index (χ2v) is 5.84.